The molecule has 0 unspecified atom stereocenters. The molecule has 54 heavy (non-hydrogen) atoms. The third-order valence-electron chi connectivity index (χ3n) is 9.29. The SMILES string of the molecule is C[C@@H]1O[C@@H](O[C@H](C)[C@H](N=CC2=C(O)CC(C)(C)CC2=O)C(=O)OC(C)(C)C)[C@@H](OCc2ccccc2)[C@H](OCc2ccccc2)[C@@H]1OCc1ccccc1. The van der Waals surface area contributed by atoms with Crippen LogP contribution < -0.4 is 0 Å². The molecule has 1 N–H and O–H groups in total. The average Bonchev–Trinajstić information content (AvgIpc) is 3.11. The smallest absolute Gasteiger partial charge is 0.334 e. The van der Waals surface area contributed by atoms with Crippen molar-refractivity contribution in [2.75, 3.05) is 0 Å². The number of hydrogen-bond donors (Lipinski definition) is 1. The maximum atomic E-state index is 13.7. The van der Waals surface area contributed by atoms with Crippen molar-refractivity contribution in [1.29, 1.82) is 0 Å². The van der Waals surface area contributed by atoms with E-state index in [2.05, 4.69) is 4.99 Å². The van der Waals surface area contributed by atoms with E-state index >= 15 is 0 Å². The first-order chi connectivity index (χ1) is 25.7. The molecule has 0 spiro atoms. The highest BCUT2D eigenvalue weighted by atomic mass is 16.7. The lowest BCUT2D eigenvalue weighted by Gasteiger charge is -2.46. The Bertz CT molecular complexity index is 1720. The van der Waals surface area contributed by atoms with Crippen molar-refractivity contribution in [3.8, 4) is 0 Å². The predicted octanol–water partition coefficient (Wildman–Crippen LogP) is 7.87. The number of aliphatic hydroxyl groups excluding tert-OH is 1. The number of rotatable bonds is 15. The van der Waals surface area contributed by atoms with Gasteiger partial charge in [0.25, 0.3) is 0 Å². The van der Waals surface area contributed by atoms with Crippen molar-refractivity contribution in [2.24, 2.45) is 10.4 Å². The minimum atomic E-state index is -1.21. The molecule has 2 aliphatic rings. The van der Waals surface area contributed by atoms with Crippen LogP contribution in [0.4, 0.5) is 0 Å². The summed E-state index contributed by atoms with van der Waals surface area (Å²) in [5.74, 6) is -0.959. The first-order valence-corrected chi connectivity index (χ1v) is 18.7. The second kappa shape index (κ2) is 18.4. The van der Waals surface area contributed by atoms with Crippen LogP contribution in [0.3, 0.4) is 0 Å². The van der Waals surface area contributed by atoms with Crippen LogP contribution in [0.25, 0.3) is 0 Å². The van der Waals surface area contributed by atoms with Gasteiger partial charge < -0.3 is 33.5 Å². The summed E-state index contributed by atoms with van der Waals surface area (Å²) >= 11 is 0. The molecule has 1 saturated heterocycles. The Balaban J connectivity index is 1.46. The zero-order valence-corrected chi connectivity index (χ0v) is 32.5. The van der Waals surface area contributed by atoms with Crippen molar-refractivity contribution in [3.63, 3.8) is 0 Å². The zero-order chi connectivity index (χ0) is 38.9. The molecule has 3 aromatic rings. The molecule has 5 rings (SSSR count). The van der Waals surface area contributed by atoms with E-state index < -0.39 is 54.4 Å². The number of aliphatic hydroxyl groups is 1. The molecular weight excluding hydrogens is 686 g/mol. The van der Waals surface area contributed by atoms with Gasteiger partial charge in [0.2, 0.25) is 0 Å². The first-order valence-electron chi connectivity index (χ1n) is 18.7. The molecule has 1 fully saturated rings. The number of carbonyl (C=O) groups is 2. The van der Waals surface area contributed by atoms with Crippen LogP contribution >= 0.6 is 0 Å². The standard InChI is InChI=1S/C44H55NO9/c1-29(37(41(48)54-43(3,4)5)45-25-34-35(46)23-44(6,7)24-36(34)47)52-42-40(51-28-33-21-15-10-16-22-33)39(50-27-32-19-13-9-14-20-32)38(30(2)53-42)49-26-31-17-11-8-12-18-31/h8-22,25,29-30,37-40,42,46H,23-24,26-28H2,1-7H3/t29-,30+,37+,38-,39-,40+,42-/m1/s1. The molecule has 290 valence electrons. The van der Waals surface area contributed by atoms with Crippen LogP contribution in [0.1, 0.15) is 78.0 Å². The Morgan fingerprint density at radius 2 is 1.31 bits per heavy atom. The van der Waals surface area contributed by atoms with E-state index in [9.17, 15) is 14.7 Å². The summed E-state index contributed by atoms with van der Waals surface area (Å²) in [6.45, 7) is 13.6. The summed E-state index contributed by atoms with van der Waals surface area (Å²) in [7, 11) is 0. The van der Waals surface area contributed by atoms with E-state index in [-0.39, 0.29) is 42.2 Å². The zero-order valence-electron chi connectivity index (χ0n) is 32.5. The Hall–Kier alpha value is -4.19. The van der Waals surface area contributed by atoms with Crippen LogP contribution in [-0.2, 0) is 57.8 Å². The number of esters is 1. The minimum absolute atomic E-state index is 0.0599. The second-order valence-corrected chi connectivity index (χ2v) is 15.9. The highest BCUT2D eigenvalue weighted by molar-refractivity contribution is 6.14. The van der Waals surface area contributed by atoms with Gasteiger partial charge in [-0.2, -0.15) is 0 Å². The first kappa shape index (κ1) is 41.0. The Morgan fingerprint density at radius 1 is 0.833 bits per heavy atom. The summed E-state index contributed by atoms with van der Waals surface area (Å²) in [5, 5.41) is 10.8. The maximum Gasteiger partial charge on any atom is 0.334 e. The quantitative estimate of drug-likeness (QED) is 0.123. The van der Waals surface area contributed by atoms with Crippen LogP contribution in [0.2, 0.25) is 0 Å². The third kappa shape index (κ3) is 11.7. The van der Waals surface area contributed by atoms with Crippen LogP contribution in [0, 0.1) is 5.41 Å². The Kier molecular flexibility index (Phi) is 14.0. The molecule has 1 heterocycles. The van der Waals surface area contributed by atoms with Gasteiger partial charge in [0.05, 0.1) is 37.6 Å². The monoisotopic (exact) mass is 741 g/mol. The summed E-state index contributed by atoms with van der Waals surface area (Å²) in [6.07, 6.45) is -2.67. The highest BCUT2D eigenvalue weighted by Gasteiger charge is 2.49. The molecule has 3 aromatic carbocycles. The largest absolute Gasteiger partial charge is 0.511 e. The van der Waals surface area contributed by atoms with Crippen LogP contribution in [-0.4, -0.2) is 71.5 Å². The van der Waals surface area contributed by atoms with E-state index in [0.29, 0.717) is 13.0 Å². The lowest BCUT2D eigenvalue weighted by atomic mass is 9.77. The van der Waals surface area contributed by atoms with Gasteiger partial charge in [-0.1, -0.05) is 105 Å². The number of benzene rings is 3. The number of hydrogen-bond acceptors (Lipinski definition) is 10. The fourth-order valence-corrected chi connectivity index (χ4v) is 6.60. The lowest BCUT2D eigenvalue weighted by molar-refractivity contribution is -0.328. The Labute approximate surface area is 319 Å². The number of ether oxygens (including phenoxy) is 6. The molecule has 10 heteroatoms. The average molecular weight is 742 g/mol. The van der Waals surface area contributed by atoms with Gasteiger partial charge in [-0.25, -0.2) is 4.79 Å². The van der Waals surface area contributed by atoms with Crippen molar-refractivity contribution in [3.05, 3.63) is 119 Å². The fraction of sp³-hybridized carbons (Fsp3) is 0.477. The van der Waals surface area contributed by atoms with Gasteiger partial charge in [0.1, 0.15) is 29.7 Å². The van der Waals surface area contributed by atoms with Gasteiger partial charge in [0, 0.05) is 19.1 Å². The molecule has 0 saturated carbocycles. The number of allylic oxidation sites excluding steroid dienone is 2. The van der Waals surface area contributed by atoms with E-state index in [0.717, 1.165) is 16.7 Å². The van der Waals surface area contributed by atoms with Crippen molar-refractivity contribution in [2.45, 2.75) is 130 Å². The van der Waals surface area contributed by atoms with Gasteiger partial charge in [-0.15, -0.1) is 0 Å². The number of ketones is 1. The predicted molar refractivity (Wildman–Crippen MR) is 206 cm³/mol. The van der Waals surface area contributed by atoms with Crippen LogP contribution in [0.5, 0.6) is 0 Å². The molecule has 0 radical (unpaired) electrons. The number of nitrogens with zero attached hydrogens (tertiary/aromatic N) is 1. The molecule has 1 aliphatic carbocycles. The van der Waals surface area contributed by atoms with Gasteiger partial charge in [-0.3, -0.25) is 9.79 Å². The van der Waals surface area contributed by atoms with Crippen molar-refractivity contribution in [1.82, 2.24) is 0 Å². The van der Waals surface area contributed by atoms with E-state index in [1.807, 2.05) is 112 Å². The molecule has 1 aliphatic heterocycles. The third-order valence-corrected chi connectivity index (χ3v) is 9.29. The number of Topliss-reactive ketones (excluding diaryl/α,β-unsaturated/α-hetero) is 1. The minimum Gasteiger partial charge on any atom is -0.511 e. The molecular formula is C44H55NO9. The molecule has 10 nitrogen and oxygen atoms in total. The normalized spacial score (nSPS) is 24.4. The second-order valence-electron chi connectivity index (χ2n) is 15.9. The summed E-state index contributed by atoms with van der Waals surface area (Å²) in [5.41, 5.74) is 1.78. The van der Waals surface area contributed by atoms with Crippen LogP contribution in [0.15, 0.2) is 107 Å². The van der Waals surface area contributed by atoms with Gasteiger partial charge >= 0.3 is 5.97 Å². The van der Waals surface area contributed by atoms with E-state index in [1.165, 1.54) is 6.21 Å². The Morgan fingerprint density at radius 3 is 1.80 bits per heavy atom. The fourth-order valence-electron chi connectivity index (χ4n) is 6.60. The lowest BCUT2D eigenvalue weighted by Crippen LogP contribution is -2.61. The van der Waals surface area contributed by atoms with Crippen molar-refractivity contribution >= 4 is 18.0 Å². The van der Waals surface area contributed by atoms with E-state index in [4.69, 9.17) is 28.4 Å². The number of aliphatic imine (C=N–C) groups is 1. The molecule has 0 aromatic heterocycles. The van der Waals surface area contributed by atoms with Gasteiger partial charge in [-0.05, 0) is 56.7 Å². The molecule has 0 amide bonds. The van der Waals surface area contributed by atoms with E-state index in [1.54, 1.807) is 27.7 Å². The topological polar surface area (TPSA) is 122 Å². The molecule has 0 bridgehead atoms. The number of carbonyl (C=O) groups excluding carboxylic acids is 2. The highest BCUT2D eigenvalue weighted by Crippen LogP contribution is 2.36. The van der Waals surface area contributed by atoms with Gasteiger partial charge in [0.15, 0.2) is 18.1 Å². The van der Waals surface area contributed by atoms with Crippen molar-refractivity contribution < 1.29 is 43.1 Å². The summed E-state index contributed by atoms with van der Waals surface area (Å²) < 4.78 is 38.9. The maximum absolute atomic E-state index is 13.7. The summed E-state index contributed by atoms with van der Waals surface area (Å²) in [6, 6.07) is 28.3. The molecule has 7 atom stereocenters. The summed E-state index contributed by atoms with van der Waals surface area (Å²) in [4.78, 5) is 31.3.